The van der Waals surface area contributed by atoms with Crippen molar-refractivity contribution < 1.29 is 0 Å². The maximum Gasteiger partial charge on any atom is 0.0948 e. The van der Waals surface area contributed by atoms with Gasteiger partial charge >= 0.3 is 0 Å². The molecule has 0 aliphatic carbocycles. The number of aromatic nitrogens is 3. The number of hydrogen-bond donors (Lipinski definition) is 1. The zero-order chi connectivity index (χ0) is 13.2. The number of imidazole rings is 1. The van der Waals surface area contributed by atoms with Gasteiger partial charge in [-0.05, 0) is 24.3 Å². The highest BCUT2D eigenvalue weighted by Crippen LogP contribution is 2.28. The summed E-state index contributed by atoms with van der Waals surface area (Å²) in [6.45, 7) is 0.698. The monoisotopic (exact) mass is 272 g/mol. The zero-order valence-corrected chi connectivity index (χ0v) is 11.2. The lowest BCUT2D eigenvalue weighted by molar-refractivity contribution is 0.838. The summed E-state index contributed by atoms with van der Waals surface area (Å²) in [5.41, 5.74) is 2.97. The first-order valence-electron chi connectivity index (χ1n) is 5.98. The number of nitrogens with zero attached hydrogens (tertiary/aromatic N) is 3. The molecule has 19 heavy (non-hydrogen) atoms. The Bertz CT molecular complexity index is 720. The van der Waals surface area contributed by atoms with Crippen molar-refractivity contribution in [1.29, 1.82) is 0 Å². The molecule has 2 aromatic heterocycles. The molecule has 96 valence electrons. The van der Waals surface area contributed by atoms with Crippen LogP contribution in [0.5, 0.6) is 0 Å². The molecule has 3 rings (SSSR count). The number of halogens is 1. The number of anilines is 1. The number of rotatable bonds is 3. The minimum atomic E-state index is 0.698. The topological polar surface area (TPSA) is 42.7 Å². The molecule has 4 nitrogen and oxygen atoms in total. The molecule has 0 atom stereocenters. The third-order valence-electron chi connectivity index (χ3n) is 3.09. The summed E-state index contributed by atoms with van der Waals surface area (Å²) >= 11 is 6.17. The Balaban J connectivity index is 1.93. The Labute approximate surface area is 116 Å². The molecule has 0 saturated carbocycles. The molecule has 0 unspecified atom stereocenters. The van der Waals surface area contributed by atoms with Gasteiger partial charge in [-0.2, -0.15) is 0 Å². The van der Waals surface area contributed by atoms with Crippen LogP contribution in [0.2, 0.25) is 5.02 Å². The van der Waals surface area contributed by atoms with Crippen molar-refractivity contribution in [1.82, 2.24) is 14.5 Å². The highest BCUT2D eigenvalue weighted by molar-refractivity contribution is 6.35. The second-order valence-corrected chi connectivity index (χ2v) is 4.75. The smallest absolute Gasteiger partial charge is 0.0948 e. The Morgan fingerprint density at radius 3 is 3.00 bits per heavy atom. The summed E-state index contributed by atoms with van der Waals surface area (Å²) in [5, 5.41) is 5.05. The fourth-order valence-corrected chi connectivity index (χ4v) is 2.24. The van der Waals surface area contributed by atoms with Crippen LogP contribution >= 0.6 is 11.6 Å². The van der Waals surface area contributed by atoms with Crippen LogP contribution in [0.3, 0.4) is 0 Å². The molecule has 0 saturated heterocycles. The van der Waals surface area contributed by atoms with Crippen LogP contribution in [-0.4, -0.2) is 14.5 Å². The van der Waals surface area contributed by atoms with E-state index < -0.39 is 0 Å². The van der Waals surface area contributed by atoms with E-state index in [0.717, 1.165) is 22.3 Å². The second kappa shape index (κ2) is 4.90. The number of nitrogens with one attached hydrogen (secondary N) is 1. The average molecular weight is 273 g/mol. The van der Waals surface area contributed by atoms with Gasteiger partial charge in [0.25, 0.3) is 0 Å². The molecular formula is C14H13ClN4. The van der Waals surface area contributed by atoms with Crippen LogP contribution in [0, 0.1) is 0 Å². The normalized spacial score (nSPS) is 10.8. The molecule has 1 aromatic carbocycles. The Morgan fingerprint density at radius 1 is 1.32 bits per heavy atom. The molecule has 2 heterocycles. The lowest BCUT2D eigenvalue weighted by Gasteiger charge is -2.10. The van der Waals surface area contributed by atoms with Crippen molar-refractivity contribution in [2.75, 3.05) is 5.32 Å². The first kappa shape index (κ1) is 12.0. The summed E-state index contributed by atoms with van der Waals surface area (Å²) in [4.78, 5) is 8.49. The third-order valence-corrected chi connectivity index (χ3v) is 3.42. The summed E-state index contributed by atoms with van der Waals surface area (Å²) in [6, 6.07) is 7.70. The number of benzene rings is 1. The van der Waals surface area contributed by atoms with E-state index in [-0.39, 0.29) is 0 Å². The summed E-state index contributed by atoms with van der Waals surface area (Å²) < 4.78 is 1.98. The summed E-state index contributed by atoms with van der Waals surface area (Å²) in [7, 11) is 1.97. The van der Waals surface area contributed by atoms with Gasteiger partial charge in [-0.25, -0.2) is 4.98 Å². The first-order chi connectivity index (χ1) is 9.25. The van der Waals surface area contributed by atoms with Gasteiger partial charge in [0.2, 0.25) is 0 Å². The molecule has 0 radical (unpaired) electrons. The summed E-state index contributed by atoms with van der Waals surface area (Å²) in [5.74, 6) is 0. The molecule has 3 aromatic rings. The van der Waals surface area contributed by atoms with Gasteiger partial charge in [0, 0.05) is 24.8 Å². The van der Waals surface area contributed by atoms with Gasteiger partial charge < -0.3 is 9.88 Å². The molecular weight excluding hydrogens is 260 g/mol. The van der Waals surface area contributed by atoms with Gasteiger partial charge in [0.05, 0.1) is 34.8 Å². The van der Waals surface area contributed by atoms with E-state index in [0.29, 0.717) is 11.6 Å². The number of pyridine rings is 1. The fraction of sp³-hybridized carbons (Fsp3) is 0.143. The van der Waals surface area contributed by atoms with Crippen molar-refractivity contribution >= 4 is 28.2 Å². The predicted molar refractivity (Wildman–Crippen MR) is 77.3 cm³/mol. The van der Waals surface area contributed by atoms with Crippen LogP contribution in [-0.2, 0) is 13.6 Å². The van der Waals surface area contributed by atoms with Gasteiger partial charge in [-0.15, -0.1) is 0 Å². The lowest BCUT2D eigenvalue weighted by Crippen LogP contribution is -2.04. The Hall–Kier alpha value is -2.07. The average Bonchev–Trinajstić information content (AvgIpc) is 2.84. The van der Waals surface area contributed by atoms with E-state index in [4.69, 9.17) is 11.6 Å². The standard InChI is InChI=1S/C14H13ClN4/c1-19-9-16-7-10(19)8-18-13-5-4-12(15)11-3-2-6-17-14(11)13/h2-7,9,18H,8H2,1H3. The van der Waals surface area contributed by atoms with Crippen molar-refractivity contribution in [2.24, 2.45) is 7.05 Å². The highest BCUT2D eigenvalue weighted by atomic mass is 35.5. The predicted octanol–water partition coefficient (Wildman–Crippen LogP) is 3.23. The van der Waals surface area contributed by atoms with Crippen LogP contribution in [0.4, 0.5) is 5.69 Å². The van der Waals surface area contributed by atoms with Crippen LogP contribution in [0.15, 0.2) is 43.0 Å². The molecule has 0 bridgehead atoms. The third kappa shape index (κ3) is 2.27. The van der Waals surface area contributed by atoms with Gasteiger partial charge in [0.15, 0.2) is 0 Å². The quantitative estimate of drug-likeness (QED) is 0.796. The largest absolute Gasteiger partial charge is 0.378 e. The van der Waals surface area contributed by atoms with E-state index in [2.05, 4.69) is 15.3 Å². The van der Waals surface area contributed by atoms with Gasteiger partial charge in [0.1, 0.15) is 0 Å². The summed E-state index contributed by atoms with van der Waals surface area (Å²) in [6.07, 6.45) is 5.40. The zero-order valence-electron chi connectivity index (χ0n) is 10.5. The Morgan fingerprint density at radius 2 is 2.21 bits per heavy atom. The van der Waals surface area contributed by atoms with E-state index in [1.807, 2.05) is 42.1 Å². The number of aryl methyl sites for hydroxylation is 1. The van der Waals surface area contributed by atoms with Crippen molar-refractivity contribution in [3.63, 3.8) is 0 Å². The fourth-order valence-electron chi connectivity index (χ4n) is 2.02. The first-order valence-corrected chi connectivity index (χ1v) is 6.36. The van der Waals surface area contributed by atoms with E-state index >= 15 is 0 Å². The van der Waals surface area contributed by atoms with Crippen molar-refractivity contribution in [2.45, 2.75) is 6.54 Å². The molecule has 0 aliphatic rings. The molecule has 0 fully saturated rings. The van der Waals surface area contributed by atoms with Gasteiger partial charge in [-0.3, -0.25) is 4.98 Å². The van der Waals surface area contributed by atoms with E-state index in [1.54, 1.807) is 12.5 Å². The second-order valence-electron chi connectivity index (χ2n) is 4.34. The Kier molecular flexibility index (Phi) is 3.09. The molecule has 5 heteroatoms. The van der Waals surface area contributed by atoms with Crippen molar-refractivity contribution in [3.8, 4) is 0 Å². The lowest BCUT2D eigenvalue weighted by atomic mass is 10.2. The van der Waals surface area contributed by atoms with Crippen LogP contribution < -0.4 is 5.32 Å². The number of hydrogen-bond acceptors (Lipinski definition) is 3. The minimum absolute atomic E-state index is 0.698. The van der Waals surface area contributed by atoms with E-state index in [1.165, 1.54) is 0 Å². The van der Waals surface area contributed by atoms with Gasteiger partial charge in [-0.1, -0.05) is 11.6 Å². The van der Waals surface area contributed by atoms with E-state index in [9.17, 15) is 0 Å². The van der Waals surface area contributed by atoms with Crippen molar-refractivity contribution in [3.05, 3.63) is 53.7 Å². The van der Waals surface area contributed by atoms with Crippen LogP contribution in [0.25, 0.3) is 10.9 Å². The molecule has 0 amide bonds. The molecule has 0 spiro atoms. The highest BCUT2D eigenvalue weighted by Gasteiger charge is 2.06. The SMILES string of the molecule is Cn1cncc1CNc1ccc(Cl)c2cccnc12. The maximum atomic E-state index is 6.17. The number of fused-ring (bicyclic) bond motifs is 1. The maximum absolute atomic E-state index is 6.17. The molecule has 1 N–H and O–H groups in total. The minimum Gasteiger partial charge on any atom is -0.378 e. The van der Waals surface area contributed by atoms with Crippen LogP contribution in [0.1, 0.15) is 5.69 Å². The molecule has 0 aliphatic heterocycles.